The molecule has 2 fully saturated rings. The molecule has 0 bridgehead atoms. The Balaban J connectivity index is 1.69. The van der Waals surface area contributed by atoms with Crippen molar-refractivity contribution < 1.29 is 9.84 Å². The molecule has 2 rings (SSSR count). The Hall–Kier alpha value is -0.120. The van der Waals surface area contributed by atoms with Crippen LogP contribution in [0.15, 0.2) is 0 Å². The highest BCUT2D eigenvalue weighted by Gasteiger charge is 2.50. The van der Waals surface area contributed by atoms with Crippen LogP contribution in [0.4, 0.5) is 0 Å². The van der Waals surface area contributed by atoms with Crippen LogP contribution in [-0.2, 0) is 4.74 Å². The zero-order valence-electron chi connectivity index (χ0n) is 12.2. The summed E-state index contributed by atoms with van der Waals surface area (Å²) < 4.78 is 5.95. The van der Waals surface area contributed by atoms with Crippen LogP contribution < -0.4 is 5.32 Å². The third-order valence-corrected chi connectivity index (χ3v) is 5.01. The van der Waals surface area contributed by atoms with Crippen molar-refractivity contribution in [2.45, 2.75) is 65.0 Å². The van der Waals surface area contributed by atoms with Gasteiger partial charge in [-0.2, -0.15) is 0 Å². The predicted molar refractivity (Wildman–Crippen MR) is 73.6 cm³/mol. The molecule has 106 valence electrons. The largest absolute Gasteiger partial charge is 0.396 e. The minimum Gasteiger partial charge on any atom is -0.396 e. The number of nitrogens with one attached hydrogen (secondary N) is 1. The predicted octanol–water partition coefficient (Wildman–Crippen LogP) is 2.33. The fourth-order valence-corrected chi connectivity index (χ4v) is 2.79. The highest BCUT2D eigenvalue weighted by atomic mass is 16.5. The van der Waals surface area contributed by atoms with Gasteiger partial charge in [0.1, 0.15) is 0 Å². The molecule has 2 atom stereocenters. The lowest BCUT2D eigenvalue weighted by atomic mass is 9.64. The van der Waals surface area contributed by atoms with Crippen LogP contribution in [0.5, 0.6) is 0 Å². The first-order valence-corrected chi connectivity index (χ1v) is 7.50. The summed E-state index contributed by atoms with van der Waals surface area (Å²) in [5, 5.41) is 13.0. The average molecular weight is 255 g/mol. The van der Waals surface area contributed by atoms with Crippen molar-refractivity contribution in [2.75, 3.05) is 19.8 Å². The molecule has 0 heterocycles. The Morgan fingerprint density at radius 1 is 1.33 bits per heavy atom. The van der Waals surface area contributed by atoms with Crippen molar-refractivity contribution in [3.05, 3.63) is 0 Å². The van der Waals surface area contributed by atoms with E-state index < -0.39 is 0 Å². The maximum atomic E-state index is 9.32. The van der Waals surface area contributed by atoms with Gasteiger partial charge in [0.25, 0.3) is 0 Å². The quantitative estimate of drug-likeness (QED) is 0.654. The lowest BCUT2D eigenvalue weighted by Crippen LogP contribution is -2.61. The van der Waals surface area contributed by atoms with Gasteiger partial charge in [0.05, 0.1) is 6.10 Å². The highest BCUT2D eigenvalue weighted by molar-refractivity contribution is 5.05. The third-order valence-electron chi connectivity index (χ3n) is 5.01. The van der Waals surface area contributed by atoms with E-state index in [1.54, 1.807) is 0 Å². The van der Waals surface area contributed by atoms with E-state index in [2.05, 4.69) is 26.1 Å². The number of aliphatic hydroxyl groups excluding tert-OH is 1. The SMILES string of the molecule is CCCCOC1CC(NCC2(CO)CC2)C1(C)C. The van der Waals surface area contributed by atoms with Gasteiger partial charge in [-0.05, 0) is 25.7 Å². The zero-order valence-corrected chi connectivity index (χ0v) is 12.2. The van der Waals surface area contributed by atoms with E-state index in [4.69, 9.17) is 4.74 Å². The van der Waals surface area contributed by atoms with E-state index in [1.807, 2.05) is 0 Å². The maximum absolute atomic E-state index is 9.32. The Kier molecular flexibility index (Phi) is 4.35. The van der Waals surface area contributed by atoms with E-state index >= 15 is 0 Å². The second-order valence-electron chi connectivity index (χ2n) is 6.86. The topological polar surface area (TPSA) is 41.5 Å². The summed E-state index contributed by atoms with van der Waals surface area (Å²) in [5.74, 6) is 0. The third kappa shape index (κ3) is 2.89. The van der Waals surface area contributed by atoms with Crippen molar-refractivity contribution >= 4 is 0 Å². The van der Waals surface area contributed by atoms with E-state index in [9.17, 15) is 5.11 Å². The second-order valence-corrected chi connectivity index (χ2v) is 6.86. The molecule has 0 spiro atoms. The minimum atomic E-state index is 0.213. The first-order valence-electron chi connectivity index (χ1n) is 7.50. The molecule has 0 aliphatic heterocycles. The molecule has 2 aliphatic rings. The van der Waals surface area contributed by atoms with Crippen molar-refractivity contribution in [1.29, 1.82) is 0 Å². The fourth-order valence-electron chi connectivity index (χ4n) is 2.79. The summed E-state index contributed by atoms with van der Waals surface area (Å²) in [6, 6.07) is 0.549. The van der Waals surface area contributed by atoms with Gasteiger partial charge in [-0.3, -0.25) is 0 Å². The van der Waals surface area contributed by atoms with Gasteiger partial charge in [0.2, 0.25) is 0 Å². The molecule has 2 saturated carbocycles. The first-order chi connectivity index (χ1) is 8.54. The van der Waals surface area contributed by atoms with Gasteiger partial charge in [-0.15, -0.1) is 0 Å². The Morgan fingerprint density at radius 3 is 2.56 bits per heavy atom. The Morgan fingerprint density at radius 2 is 2.06 bits per heavy atom. The van der Waals surface area contributed by atoms with Gasteiger partial charge in [-0.1, -0.05) is 27.2 Å². The molecule has 2 aliphatic carbocycles. The van der Waals surface area contributed by atoms with E-state index in [0.29, 0.717) is 18.8 Å². The molecular weight excluding hydrogens is 226 g/mol. The lowest BCUT2D eigenvalue weighted by Gasteiger charge is -2.52. The molecule has 0 saturated heterocycles. The standard InChI is InChI=1S/C15H29NO2/c1-4-5-8-18-13-9-12(14(13,2)3)16-10-15(11-17)6-7-15/h12-13,16-17H,4-11H2,1-3H3. The molecule has 0 radical (unpaired) electrons. The van der Waals surface area contributed by atoms with Crippen molar-refractivity contribution in [3.8, 4) is 0 Å². The van der Waals surface area contributed by atoms with Crippen LogP contribution >= 0.6 is 0 Å². The van der Waals surface area contributed by atoms with Crippen LogP contribution in [0, 0.1) is 10.8 Å². The smallest absolute Gasteiger partial charge is 0.0655 e. The molecular formula is C15H29NO2. The lowest BCUT2D eigenvalue weighted by molar-refractivity contribution is -0.119. The number of hydrogen-bond acceptors (Lipinski definition) is 3. The number of aliphatic hydroxyl groups is 1. The molecule has 3 nitrogen and oxygen atoms in total. The molecule has 18 heavy (non-hydrogen) atoms. The summed E-state index contributed by atoms with van der Waals surface area (Å²) in [7, 11) is 0. The van der Waals surface area contributed by atoms with E-state index in [1.165, 1.54) is 19.3 Å². The van der Waals surface area contributed by atoms with E-state index in [-0.39, 0.29) is 10.8 Å². The minimum absolute atomic E-state index is 0.213. The highest BCUT2D eigenvalue weighted by Crippen LogP contribution is 2.47. The Bertz CT molecular complexity index is 274. The summed E-state index contributed by atoms with van der Waals surface area (Å²) in [6.07, 6.45) is 6.26. The molecule has 0 aromatic rings. The van der Waals surface area contributed by atoms with Crippen molar-refractivity contribution in [1.82, 2.24) is 5.32 Å². The summed E-state index contributed by atoms with van der Waals surface area (Å²) in [5.41, 5.74) is 0.448. The average Bonchev–Trinajstić information content (AvgIpc) is 3.12. The van der Waals surface area contributed by atoms with Crippen molar-refractivity contribution in [3.63, 3.8) is 0 Å². The van der Waals surface area contributed by atoms with Crippen molar-refractivity contribution in [2.24, 2.45) is 10.8 Å². The number of unbranched alkanes of at least 4 members (excludes halogenated alkanes) is 1. The second kappa shape index (κ2) is 5.48. The van der Waals surface area contributed by atoms with Crippen LogP contribution in [-0.4, -0.2) is 37.0 Å². The number of ether oxygens (including phenoxy) is 1. The van der Waals surface area contributed by atoms with Gasteiger partial charge < -0.3 is 15.2 Å². The molecule has 2 unspecified atom stereocenters. The normalized spacial score (nSPS) is 32.0. The number of hydrogen-bond donors (Lipinski definition) is 2. The summed E-state index contributed by atoms with van der Waals surface area (Å²) in [4.78, 5) is 0. The zero-order chi connectivity index (χ0) is 13.2. The monoisotopic (exact) mass is 255 g/mol. The van der Waals surface area contributed by atoms with E-state index in [0.717, 1.165) is 26.0 Å². The number of rotatable bonds is 8. The summed E-state index contributed by atoms with van der Waals surface area (Å²) >= 11 is 0. The van der Waals surface area contributed by atoms with Crippen LogP contribution in [0.2, 0.25) is 0 Å². The Labute approximate surface area is 111 Å². The molecule has 3 heteroatoms. The van der Waals surface area contributed by atoms with Crippen LogP contribution in [0.3, 0.4) is 0 Å². The first kappa shape index (κ1) is 14.3. The van der Waals surface area contributed by atoms with Gasteiger partial charge in [0, 0.05) is 36.6 Å². The van der Waals surface area contributed by atoms with Gasteiger partial charge in [0.15, 0.2) is 0 Å². The summed E-state index contributed by atoms with van der Waals surface area (Å²) in [6.45, 7) is 9.00. The molecule has 0 amide bonds. The van der Waals surface area contributed by atoms with Crippen LogP contribution in [0.25, 0.3) is 0 Å². The molecule has 2 N–H and O–H groups in total. The van der Waals surface area contributed by atoms with Crippen LogP contribution in [0.1, 0.15) is 52.9 Å². The molecule has 0 aromatic carbocycles. The fraction of sp³-hybridized carbons (Fsp3) is 1.00. The molecule has 0 aromatic heterocycles. The maximum Gasteiger partial charge on any atom is 0.0655 e. The van der Waals surface area contributed by atoms with Gasteiger partial charge in [-0.25, -0.2) is 0 Å². The van der Waals surface area contributed by atoms with Gasteiger partial charge >= 0.3 is 0 Å².